The van der Waals surface area contributed by atoms with Crippen molar-refractivity contribution in [2.45, 2.75) is 6.92 Å². The summed E-state index contributed by atoms with van der Waals surface area (Å²) in [4.78, 5) is 16.0. The molecule has 0 saturated carbocycles. The van der Waals surface area contributed by atoms with Crippen molar-refractivity contribution in [3.05, 3.63) is 66.2 Å². The molecular weight excluding hydrogens is 288 g/mol. The molecule has 0 radical (unpaired) electrons. The molecule has 2 rings (SSSR count). The Morgan fingerprint density at radius 1 is 1.00 bits per heavy atom. The molecule has 0 bridgehead atoms. The Kier molecular flexibility index (Phi) is 5.41. The molecule has 0 heterocycles. The number of carbonyl (C=O) groups is 1. The highest BCUT2D eigenvalue weighted by Gasteiger charge is 2.19. The number of allylic oxidation sites excluding steroid dienone is 1. The zero-order valence-electron chi connectivity index (χ0n) is 14.0. The Bertz CT molecular complexity index is 678. The van der Waals surface area contributed by atoms with Crippen LogP contribution in [0.3, 0.4) is 0 Å². The summed E-state index contributed by atoms with van der Waals surface area (Å²) in [6, 6.07) is 17.2. The van der Waals surface area contributed by atoms with E-state index in [0.29, 0.717) is 0 Å². The van der Waals surface area contributed by atoms with Gasteiger partial charge >= 0.3 is 6.03 Å². The molecule has 0 aromatic heterocycles. The summed E-state index contributed by atoms with van der Waals surface area (Å²) in [5.41, 5.74) is 2.69. The molecular formula is C19H22N2O2. The zero-order chi connectivity index (χ0) is 16.8. The first-order valence-corrected chi connectivity index (χ1v) is 7.45. The number of ether oxygens (including phenoxy) is 1. The Hall–Kier alpha value is -2.75. The lowest BCUT2D eigenvalue weighted by atomic mass is 10.1. The van der Waals surface area contributed by atoms with E-state index in [4.69, 9.17) is 4.74 Å². The molecule has 0 saturated heterocycles. The summed E-state index contributed by atoms with van der Waals surface area (Å²) in [7, 11) is 5.17. The Balaban J connectivity index is 2.20. The molecule has 0 spiro atoms. The van der Waals surface area contributed by atoms with E-state index in [1.807, 2.05) is 67.6 Å². The van der Waals surface area contributed by atoms with E-state index in [1.165, 1.54) is 0 Å². The van der Waals surface area contributed by atoms with Gasteiger partial charge in [-0.2, -0.15) is 0 Å². The highest BCUT2D eigenvalue weighted by atomic mass is 16.5. The van der Waals surface area contributed by atoms with Crippen molar-refractivity contribution in [2.24, 2.45) is 0 Å². The minimum atomic E-state index is -0.105. The van der Waals surface area contributed by atoms with Gasteiger partial charge in [-0.15, -0.1) is 0 Å². The van der Waals surface area contributed by atoms with Crippen molar-refractivity contribution in [3.63, 3.8) is 0 Å². The van der Waals surface area contributed by atoms with Gasteiger partial charge in [0.15, 0.2) is 0 Å². The van der Waals surface area contributed by atoms with Gasteiger partial charge in [0.05, 0.1) is 7.11 Å². The third-order valence-corrected chi connectivity index (χ3v) is 3.74. The summed E-state index contributed by atoms with van der Waals surface area (Å²) in [6.45, 7) is 1.93. The van der Waals surface area contributed by atoms with Crippen LogP contribution < -0.4 is 9.64 Å². The van der Waals surface area contributed by atoms with Gasteiger partial charge < -0.3 is 4.74 Å². The smallest absolute Gasteiger partial charge is 0.328 e. The van der Waals surface area contributed by atoms with Gasteiger partial charge in [0.25, 0.3) is 0 Å². The van der Waals surface area contributed by atoms with Gasteiger partial charge in [0.1, 0.15) is 5.75 Å². The first-order chi connectivity index (χ1) is 11.1. The number of benzene rings is 2. The number of methoxy groups -OCH3 is 1. The molecule has 0 unspecified atom stereocenters. The fraction of sp³-hybridized carbons (Fsp3) is 0.211. The quantitative estimate of drug-likeness (QED) is 0.846. The second-order valence-corrected chi connectivity index (χ2v) is 5.14. The summed E-state index contributed by atoms with van der Waals surface area (Å²) >= 11 is 0. The van der Waals surface area contributed by atoms with Gasteiger partial charge in [-0.1, -0.05) is 36.4 Å². The molecule has 4 heteroatoms. The lowest BCUT2D eigenvalue weighted by Gasteiger charge is -2.27. The van der Waals surface area contributed by atoms with Crippen LogP contribution in [0.1, 0.15) is 12.5 Å². The molecule has 23 heavy (non-hydrogen) atoms. The van der Waals surface area contributed by atoms with Gasteiger partial charge in [-0.25, -0.2) is 4.79 Å². The van der Waals surface area contributed by atoms with Crippen LogP contribution in [0.4, 0.5) is 10.5 Å². The maximum absolute atomic E-state index is 12.8. The molecule has 4 nitrogen and oxygen atoms in total. The number of carbonyl (C=O) groups excluding carboxylic acids is 1. The van der Waals surface area contributed by atoms with E-state index < -0.39 is 0 Å². The van der Waals surface area contributed by atoms with E-state index in [-0.39, 0.29) is 6.03 Å². The molecule has 0 atom stereocenters. The van der Waals surface area contributed by atoms with Crippen LogP contribution in [0.2, 0.25) is 0 Å². The van der Waals surface area contributed by atoms with E-state index in [9.17, 15) is 4.79 Å². The minimum Gasteiger partial charge on any atom is -0.497 e. The van der Waals surface area contributed by atoms with Gasteiger partial charge in [0, 0.05) is 25.5 Å². The highest BCUT2D eigenvalue weighted by Crippen LogP contribution is 2.23. The second kappa shape index (κ2) is 7.49. The van der Waals surface area contributed by atoms with Crippen LogP contribution in [0.5, 0.6) is 5.75 Å². The average Bonchev–Trinajstić information content (AvgIpc) is 2.62. The molecule has 120 valence electrons. The van der Waals surface area contributed by atoms with Crippen molar-refractivity contribution in [3.8, 4) is 5.75 Å². The van der Waals surface area contributed by atoms with Crippen LogP contribution in [0.25, 0.3) is 5.70 Å². The number of hydrogen-bond donors (Lipinski definition) is 0. The fourth-order valence-electron chi connectivity index (χ4n) is 2.41. The molecule has 0 aliphatic heterocycles. The van der Waals surface area contributed by atoms with Crippen molar-refractivity contribution in [2.75, 3.05) is 26.1 Å². The predicted octanol–water partition coefficient (Wildman–Crippen LogP) is 4.24. The first kappa shape index (κ1) is 16.6. The Morgan fingerprint density at radius 3 is 2.13 bits per heavy atom. The normalized spacial score (nSPS) is 11.0. The molecule has 0 aliphatic carbocycles. The van der Waals surface area contributed by atoms with Crippen LogP contribution in [0.15, 0.2) is 60.7 Å². The fourth-order valence-corrected chi connectivity index (χ4v) is 2.41. The van der Waals surface area contributed by atoms with Gasteiger partial charge in [0.2, 0.25) is 0 Å². The molecule has 2 aromatic carbocycles. The van der Waals surface area contributed by atoms with Gasteiger partial charge in [-0.3, -0.25) is 9.80 Å². The number of anilines is 1. The lowest BCUT2D eigenvalue weighted by Crippen LogP contribution is -2.37. The standard InChI is InChI=1S/C19H22N2O2/c1-5-18(15-9-7-6-8-10-15)21(3)19(22)20(2)16-11-13-17(23-4)14-12-16/h5-14H,1-4H3/b18-5-. The number of urea groups is 1. The lowest BCUT2D eigenvalue weighted by molar-refractivity contribution is 0.232. The van der Waals surface area contributed by atoms with Crippen LogP contribution >= 0.6 is 0 Å². The topological polar surface area (TPSA) is 32.8 Å². The zero-order valence-corrected chi connectivity index (χ0v) is 14.0. The number of nitrogens with zero attached hydrogens (tertiary/aromatic N) is 2. The minimum absolute atomic E-state index is 0.105. The van der Waals surface area contributed by atoms with E-state index in [0.717, 1.165) is 22.7 Å². The highest BCUT2D eigenvalue weighted by molar-refractivity contribution is 5.96. The number of rotatable bonds is 4. The SMILES string of the molecule is C/C=C(/c1ccccc1)N(C)C(=O)N(C)c1ccc(OC)cc1. The maximum atomic E-state index is 12.8. The third-order valence-electron chi connectivity index (χ3n) is 3.74. The predicted molar refractivity (Wildman–Crippen MR) is 94.6 cm³/mol. The van der Waals surface area contributed by atoms with Crippen molar-refractivity contribution in [1.29, 1.82) is 0 Å². The largest absolute Gasteiger partial charge is 0.497 e. The average molecular weight is 310 g/mol. The molecule has 0 fully saturated rings. The first-order valence-electron chi connectivity index (χ1n) is 7.45. The van der Waals surface area contributed by atoms with E-state index in [1.54, 1.807) is 31.0 Å². The molecule has 0 N–H and O–H groups in total. The Morgan fingerprint density at radius 2 is 1.61 bits per heavy atom. The monoisotopic (exact) mass is 310 g/mol. The number of hydrogen-bond acceptors (Lipinski definition) is 2. The summed E-state index contributed by atoms with van der Waals surface area (Å²) in [5, 5.41) is 0. The van der Waals surface area contributed by atoms with Gasteiger partial charge in [-0.05, 0) is 36.8 Å². The van der Waals surface area contributed by atoms with Crippen LogP contribution in [-0.2, 0) is 0 Å². The van der Waals surface area contributed by atoms with Crippen molar-refractivity contribution >= 4 is 17.4 Å². The molecule has 2 aromatic rings. The maximum Gasteiger partial charge on any atom is 0.328 e. The van der Waals surface area contributed by atoms with Crippen LogP contribution in [-0.4, -0.2) is 32.1 Å². The number of amides is 2. The third kappa shape index (κ3) is 3.72. The van der Waals surface area contributed by atoms with E-state index >= 15 is 0 Å². The Labute approximate surface area is 137 Å². The summed E-state index contributed by atoms with van der Waals surface area (Å²) < 4.78 is 5.15. The summed E-state index contributed by atoms with van der Waals surface area (Å²) in [6.07, 6.45) is 1.94. The van der Waals surface area contributed by atoms with Crippen molar-refractivity contribution in [1.82, 2.24) is 4.90 Å². The van der Waals surface area contributed by atoms with E-state index in [2.05, 4.69) is 0 Å². The molecule has 2 amide bonds. The van der Waals surface area contributed by atoms with Crippen molar-refractivity contribution < 1.29 is 9.53 Å². The molecule has 0 aliphatic rings. The summed E-state index contributed by atoms with van der Waals surface area (Å²) in [5.74, 6) is 0.765. The van der Waals surface area contributed by atoms with Crippen LogP contribution in [0, 0.1) is 0 Å². The second-order valence-electron chi connectivity index (χ2n) is 5.14.